The van der Waals surface area contributed by atoms with E-state index >= 15 is 0 Å². The van der Waals surface area contributed by atoms with E-state index in [0.717, 1.165) is 22.0 Å². The number of ether oxygens (including phenoxy) is 1. The normalized spacial score (nSPS) is 16.7. The molecule has 0 amide bonds. The Morgan fingerprint density at radius 2 is 2.04 bits per heavy atom. The molecule has 0 aromatic heterocycles. The molecule has 0 bridgehead atoms. The minimum atomic E-state index is -1.57. The highest BCUT2D eigenvalue weighted by atomic mass is 79.9. The maximum absolute atomic E-state index is 14.2. The highest BCUT2D eigenvalue weighted by Gasteiger charge is 2.34. The first-order valence-corrected chi connectivity index (χ1v) is 9.62. The summed E-state index contributed by atoms with van der Waals surface area (Å²) in [4.78, 5) is 11.1. The lowest BCUT2D eigenvalue weighted by Crippen LogP contribution is -2.24. The Kier molecular flexibility index (Phi) is 6.01. The summed E-state index contributed by atoms with van der Waals surface area (Å²) in [6.07, 6.45) is 3.13. The van der Waals surface area contributed by atoms with Gasteiger partial charge in [0.05, 0.1) is 11.1 Å². The Morgan fingerprint density at radius 1 is 1.42 bits per heavy atom. The summed E-state index contributed by atoms with van der Waals surface area (Å²) in [5.41, 5.74) is 3.77. The topological polar surface area (TPSA) is 46.5 Å². The number of carboxylic acids is 1. The lowest BCUT2D eigenvalue weighted by molar-refractivity contribution is -0.134. The van der Waals surface area contributed by atoms with Gasteiger partial charge < -0.3 is 9.84 Å². The summed E-state index contributed by atoms with van der Waals surface area (Å²) in [5, 5.41) is 9.07. The molecule has 0 fully saturated rings. The predicted octanol–water partition coefficient (Wildman–Crippen LogP) is 6.35. The first-order chi connectivity index (χ1) is 12.0. The van der Waals surface area contributed by atoms with Gasteiger partial charge in [0.15, 0.2) is 0 Å². The van der Waals surface area contributed by atoms with Gasteiger partial charge in [0.1, 0.15) is 5.75 Å². The number of aliphatic carboxylic acids is 1. The van der Waals surface area contributed by atoms with Crippen LogP contribution in [0.3, 0.4) is 0 Å². The number of rotatable bonds is 5. The number of carbonyl (C=O) groups is 1. The van der Waals surface area contributed by atoms with Crippen molar-refractivity contribution in [3.8, 4) is 5.75 Å². The highest BCUT2D eigenvalue weighted by Crippen LogP contribution is 2.50. The molecule has 0 radical (unpaired) electrons. The molecule has 0 saturated heterocycles. The molecule has 0 heterocycles. The van der Waals surface area contributed by atoms with Crippen molar-refractivity contribution in [3.05, 3.63) is 39.1 Å². The number of allylic oxidation sites excluding steroid dienone is 3. The minimum Gasteiger partial charge on any atom is -0.492 e. The molecule has 1 aliphatic rings. The van der Waals surface area contributed by atoms with Crippen LogP contribution in [0.15, 0.2) is 22.4 Å². The van der Waals surface area contributed by atoms with Gasteiger partial charge in [0, 0.05) is 11.1 Å². The molecule has 0 saturated carbocycles. The van der Waals surface area contributed by atoms with Crippen molar-refractivity contribution in [3.63, 3.8) is 0 Å². The Balaban J connectivity index is 2.91. The zero-order valence-corrected chi connectivity index (χ0v) is 17.8. The van der Waals surface area contributed by atoms with Crippen LogP contribution in [0.1, 0.15) is 64.7 Å². The number of halogens is 2. The van der Waals surface area contributed by atoms with Crippen molar-refractivity contribution in [1.82, 2.24) is 0 Å². The van der Waals surface area contributed by atoms with Crippen LogP contribution in [-0.4, -0.2) is 17.7 Å². The summed E-state index contributed by atoms with van der Waals surface area (Å²) < 4.78 is 20.8. The SMILES string of the molecule is CCOc1c(/C(C)=C(/F)C(=O)O)cc2c(c1Br)C(C)(C)CC=C2C(C)C. The molecule has 1 aliphatic carbocycles. The van der Waals surface area contributed by atoms with Crippen LogP contribution in [0.4, 0.5) is 4.39 Å². The zero-order valence-electron chi connectivity index (χ0n) is 16.2. The second kappa shape index (κ2) is 7.55. The van der Waals surface area contributed by atoms with E-state index < -0.39 is 11.8 Å². The third-order valence-electron chi connectivity index (χ3n) is 4.87. The quantitative estimate of drug-likeness (QED) is 0.559. The molecule has 0 aliphatic heterocycles. The summed E-state index contributed by atoms with van der Waals surface area (Å²) in [5.74, 6) is -1.93. The van der Waals surface area contributed by atoms with Gasteiger partial charge >= 0.3 is 5.97 Å². The third kappa shape index (κ3) is 3.59. The lowest BCUT2D eigenvalue weighted by Gasteiger charge is -2.36. The van der Waals surface area contributed by atoms with Crippen LogP contribution in [0, 0.1) is 5.92 Å². The van der Waals surface area contributed by atoms with Gasteiger partial charge in [-0.15, -0.1) is 0 Å². The highest BCUT2D eigenvalue weighted by molar-refractivity contribution is 9.10. The average Bonchev–Trinajstić information content (AvgIpc) is 2.54. The van der Waals surface area contributed by atoms with Gasteiger partial charge in [0.25, 0.3) is 0 Å². The van der Waals surface area contributed by atoms with Crippen molar-refractivity contribution in [2.75, 3.05) is 6.61 Å². The van der Waals surface area contributed by atoms with Crippen LogP contribution < -0.4 is 4.74 Å². The first kappa shape index (κ1) is 20.7. The Labute approximate surface area is 163 Å². The zero-order chi connectivity index (χ0) is 19.8. The molecule has 1 N–H and O–H groups in total. The monoisotopic (exact) mass is 424 g/mol. The number of hydrogen-bond acceptors (Lipinski definition) is 2. The van der Waals surface area contributed by atoms with E-state index in [4.69, 9.17) is 9.84 Å². The molecule has 1 aromatic carbocycles. The molecule has 0 spiro atoms. The largest absolute Gasteiger partial charge is 0.492 e. The van der Waals surface area contributed by atoms with Crippen molar-refractivity contribution in [1.29, 1.82) is 0 Å². The number of benzene rings is 1. The van der Waals surface area contributed by atoms with Gasteiger partial charge in [0.2, 0.25) is 5.83 Å². The van der Waals surface area contributed by atoms with Crippen LogP contribution in [0.5, 0.6) is 5.75 Å². The van der Waals surface area contributed by atoms with E-state index in [9.17, 15) is 9.18 Å². The third-order valence-corrected chi connectivity index (χ3v) is 5.63. The van der Waals surface area contributed by atoms with Crippen LogP contribution in [0.25, 0.3) is 11.1 Å². The van der Waals surface area contributed by atoms with Gasteiger partial charge in [-0.3, -0.25) is 0 Å². The molecule has 0 unspecified atom stereocenters. The minimum absolute atomic E-state index is 0.0657. The van der Waals surface area contributed by atoms with E-state index in [1.165, 1.54) is 12.5 Å². The molecule has 3 nitrogen and oxygen atoms in total. The number of hydrogen-bond donors (Lipinski definition) is 1. The fourth-order valence-corrected chi connectivity index (χ4v) is 4.57. The van der Waals surface area contributed by atoms with Crippen molar-refractivity contribution in [2.24, 2.45) is 5.92 Å². The van der Waals surface area contributed by atoms with Gasteiger partial charge in [-0.2, -0.15) is 4.39 Å². The second-order valence-electron chi connectivity index (χ2n) is 7.57. The molecule has 1 aromatic rings. The van der Waals surface area contributed by atoms with E-state index in [-0.39, 0.29) is 11.0 Å². The number of fused-ring (bicyclic) bond motifs is 1. The first-order valence-electron chi connectivity index (χ1n) is 8.83. The average molecular weight is 425 g/mol. The summed E-state index contributed by atoms with van der Waals surface area (Å²) >= 11 is 3.68. The van der Waals surface area contributed by atoms with Crippen LogP contribution >= 0.6 is 15.9 Å². The molecule has 26 heavy (non-hydrogen) atoms. The fraction of sp³-hybridized carbons (Fsp3) is 0.476. The molecule has 142 valence electrons. The van der Waals surface area contributed by atoms with Gasteiger partial charge in [-0.05, 0) is 70.3 Å². The number of carboxylic acid groups (broad SMARTS) is 1. The van der Waals surface area contributed by atoms with Crippen molar-refractivity contribution in [2.45, 2.75) is 53.4 Å². The van der Waals surface area contributed by atoms with Gasteiger partial charge in [-0.1, -0.05) is 33.8 Å². The Hall–Kier alpha value is -1.62. The van der Waals surface area contributed by atoms with Crippen molar-refractivity contribution >= 4 is 33.0 Å². The van der Waals surface area contributed by atoms with E-state index in [1.54, 1.807) is 0 Å². The molecule has 0 atom stereocenters. The maximum Gasteiger partial charge on any atom is 0.365 e. The summed E-state index contributed by atoms with van der Waals surface area (Å²) in [7, 11) is 0. The Morgan fingerprint density at radius 3 is 2.54 bits per heavy atom. The summed E-state index contributed by atoms with van der Waals surface area (Å²) in [6.45, 7) is 12.3. The van der Waals surface area contributed by atoms with Crippen LogP contribution in [0.2, 0.25) is 0 Å². The molecule has 5 heteroatoms. The van der Waals surface area contributed by atoms with E-state index in [2.05, 4.69) is 49.7 Å². The molecular formula is C21H26BrFO3. The molecule has 2 rings (SSSR count). The fourth-order valence-electron chi connectivity index (χ4n) is 3.49. The standard InChI is InChI=1S/C21H26BrFO3/c1-7-26-19-14(12(4)18(23)20(24)25)10-15-13(11(2)3)8-9-21(5,6)16(15)17(19)22/h8,10-11H,7,9H2,1-6H3,(H,24,25)/b18-12+. The van der Waals surface area contributed by atoms with Crippen LogP contribution in [-0.2, 0) is 10.2 Å². The predicted molar refractivity (Wildman–Crippen MR) is 107 cm³/mol. The Bertz CT molecular complexity index is 804. The smallest absolute Gasteiger partial charge is 0.365 e. The van der Waals surface area contributed by atoms with Gasteiger partial charge in [-0.25, -0.2) is 4.79 Å². The second-order valence-corrected chi connectivity index (χ2v) is 8.36. The maximum atomic E-state index is 14.2. The van der Waals surface area contributed by atoms with Crippen molar-refractivity contribution < 1.29 is 19.0 Å². The lowest BCUT2D eigenvalue weighted by atomic mass is 9.70. The van der Waals surface area contributed by atoms with E-state index in [1.807, 2.05) is 13.0 Å². The summed E-state index contributed by atoms with van der Waals surface area (Å²) in [6, 6.07) is 1.88. The molecular weight excluding hydrogens is 399 g/mol. The van der Waals surface area contributed by atoms with E-state index in [0.29, 0.717) is 23.8 Å².